The second-order valence-corrected chi connectivity index (χ2v) is 4.30. The summed E-state index contributed by atoms with van der Waals surface area (Å²) >= 11 is 0. The number of rotatable bonds is 4. The summed E-state index contributed by atoms with van der Waals surface area (Å²) in [7, 11) is 0. The minimum Gasteiger partial charge on any atom is -0.369 e. The van der Waals surface area contributed by atoms with Crippen molar-refractivity contribution < 1.29 is 9.53 Å². The summed E-state index contributed by atoms with van der Waals surface area (Å²) in [5, 5.41) is 0. The molecule has 0 radical (unpaired) electrons. The van der Waals surface area contributed by atoms with Gasteiger partial charge in [-0.15, -0.1) is 0 Å². The van der Waals surface area contributed by atoms with Crippen LogP contribution in [-0.4, -0.2) is 36.6 Å². The summed E-state index contributed by atoms with van der Waals surface area (Å²) in [4.78, 5) is 13.9. The molecule has 0 N–H and O–H groups in total. The lowest BCUT2D eigenvalue weighted by Gasteiger charge is -2.33. The third kappa shape index (κ3) is 3.49. The smallest absolute Gasteiger partial charge is 0.251 e. The van der Waals surface area contributed by atoms with Gasteiger partial charge in [0.25, 0.3) is 5.91 Å². The summed E-state index contributed by atoms with van der Waals surface area (Å²) in [5.74, 6) is 0.853. The lowest BCUT2D eigenvalue weighted by atomic mass is 9.95. The number of nitrogens with zero attached hydrogens (tertiary/aromatic N) is 1. The van der Waals surface area contributed by atoms with Crippen LogP contribution in [0.15, 0.2) is 0 Å². The van der Waals surface area contributed by atoms with Crippen LogP contribution in [0.25, 0.3) is 0 Å². The van der Waals surface area contributed by atoms with Crippen molar-refractivity contribution in [3.05, 3.63) is 0 Å². The standard InChI is InChI=1S/C12H23NO2/c1-4-11-7-6-8-13(9-11)12(14)10(3)15-5-2/h10-11H,4-9H2,1-3H3/t10-,11-/m1/s1. The highest BCUT2D eigenvalue weighted by Crippen LogP contribution is 2.19. The SMILES string of the molecule is CCO[C@H](C)C(=O)N1CCC[C@@H](CC)C1. The molecule has 3 nitrogen and oxygen atoms in total. The van der Waals surface area contributed by atoms with Gasteiger partial charge in [-0.1, -0.05) is 13.3 Å². The Hall–Kier alpha value is -0.570. The third-order valence-electron chi connectivity index (χ3n) is 3.17. The molecule has 1 rings (SSSR count). The number of hydrogen-bond donors (Lipinski definition) is 0. The van der Waals surface area contributed by atoms with Crippen LogP contribution < -0.4 is 0 Å². The van der Waals surface area contributed by atoms with Crippen molar-refractivity contribution in [1.29, 1.82) is 0 Å². The molecule has 1 amide bonds. The van der Waals surface area contributed by atoms with Gasteiger partial charge in [0.2, 0.25) is 0 Å². The first-order valence-corrected chi connectivity index (χ1v) is 6.09. The lowest BCUT2D eigenvalue weighted by molar-refractivity contribution is -0.144. The van der Waals surface area contributed by atoms with Gasteiger partial charge in [0.05, 0.1) is 0 Å². The van der Waals surface area contributed by atoms with Crippen molar-refractivity contribution in [1.82, 2.24) is 4.90 Å². The number of ether oxygens (including phenoxy) is 1. The van der Waals surface area contributed by atoms with Gasteiger partial charge in [0, 0.05) is 19.7 Å². The Morgan fingerprint density at radius 1 is 1.53 bits per heavy atom. The Morgan fingerprint density at radius 3 is 2.87 bits per heavy atom. The average Bonchev–Trinajstić information content (AvgIpc) is 2.28. The van der Waals surface area contributed by atoms with E-state index in [1.165, 1.54) is 12.8 Å². The van der Waals surface area contributed by atoms with Gasteiger partial charge < -0.3 is 9.64 Å². The number of carbonyl (C=O) groups excluding carboxylic acids is 1. The Balaban J connectivity index is 2.44. The number of amides is 1. The average molecular weight is 213 g/mol. The largest absolute Gasteiger partial charge is 0.369 e. The topological polar surface area (TPSA) is 29.5 Å². The molecule has 0 aromatic rings. The number of piperidine rings is 1. The van der Waals surface area contributed by atoms with Crippen LogP contribution in [0.1, 0.15) is 40.0 Å². The molecule has 0 unspecified atom stereocenters. The summed E-state index contributed by atoms with van der Waals surface area (Å²) in [6.07, 6.45) is 3.31. The minimum atomic E-state index is -0.273. The van der Waals surface area contributed by atoms with Gasteiger partial charge in [-0.2, -0.15) is 0 Å². The van der Waals surface area contributed by atoms with E-state index < -0.39 is 0 Å². The van der Waals surface area contributed by atoms with Gasteiger partial charge >= 0.3 is 0 Å². The quantitative estimate of drug-likeness (QED) is 0.715. The maximum atomic E-state index is 12.0. The zero-order valence-corrected chi connectivity index (χ0v) is 10.2. The van der Waals surface area contributed by atoms with Gasteiger partial charge in [0.15, 0.2) is 0 Å². The van der Waals surface area contributed by atoms with Gasteiger partial charge in [-0.3, -0.25) is 4.79 Å². The molecule has 2 atom stereocenters. The highest BCUT2D eigenvalue weighted by atomic mass is 16.5. The van der Waals surface area contributed by atoms with Crippen molar-refractivity contribution in [2.75, 3.05) is 19.7 Å². The van der Waals surface area contributed by atoms with Crippen LogP contribution in [-0.2, 0) is 9.53 Å². The Morgan fingerprint density at radius 2 is 2.27 bits per heavy atom. The Kier molecular flexibility index (Phi) is 5.09. The van der Waals surface area contributed by atoms with Crippen molar-refractivity contribution in [2.24, 2.45) is 5.92 Å². The van der Waals surface area contributed by atoms with E-state index in [9.17, 15) is 4.79 Å². The normalized spacial score (nSPS) is 23.9. The molecule has 15 heavy (non-hydrogen) atoms. The second kappa shape index (κ2) is 6.11. The summed E-state index contributed by atoms with van der Waals surface area (Å²) < 4.78 is 5.33. The van der Waals surface area contributed by atoms with Gasteiger partial charge in [-0.05, 0) is 32.6 Å². The van der Waals surface area contributed by atoms with E-state index in [-0.39, 0.29) is 12.0 Å². The van der Waals surface area contributed by atoms with Crippen molar-refractivity contribution in [3.63, 3.8) is 0 Å². The fraction of sp³-hybridized carbons (Fsp3) is 0.917. The zero-order chi connectivity index (χ0) is 11.3. The van der Waals surface area contributed by atoms with Crippen LogP contribution in [0.3, 0.4) is 0 Å². The third-order valence-corrected chi connectivity index (χ3v) is 3.17. The lowest BCUT2D eigenvalue weighted by Crippen LogP contribution is -2.44. The zero-order valence-electron chi connectivity index (χ0n) is 10.2. The first-order valence-electron chi connectivity index (χ1n) is 6.09. The monoisotopic (exact) mass is 213 g/mol. The highest BCUT2D eigenvalue weighted by molar-refractivity contribution is 5.80. The molecule has 3 heteroatoms. The first-order chi connectivity index (χ1) is 7.19. The minimum absolute atomic E-state index is 0.162. The molecule has 1 aliphatic rings. The summed E-state index contributed by atoms with van der Waals surface area (Å²) in [6.45, 7) is 8.41. The Bertz CT molecular complexity index is 206. The first kappa shape index (κ1) is 12.5. The van der Waals surface area contributed by atoms with Gasteiger partial charge in [0.1, 0.15) is 6.10 Å². The number of carbonyl (C=O) groups is 1. The molecule has 1 fully saturated rings. The number of likely N-dealkylation sites (tertiary alicyclic amines) is 1. The summed E-state index contributed by atoms with van der Waals surface area (Å²) in [5.41, 5.74) is 0. The van der Waals surface area contributed by atoms with E-state index in [0.29, 0.717) is 12.5 Å². The van der Waals surface area contributed by atoms with Crippen LogP contribution in [0.5, 0.6) is 0 Å². The molecule has 0 aromatic carbocycles. The molecule has 0 spiro atoms. The highest BCUT2D eigenvalue weighted by Gasteiger charge is 2.25. The maximum Gasteiger partial charge on any atom is 0.251 e. The fourth-order valence-corrected chi connectivity index (χ4v) is 2.18. The molecule has 1 heterocycles. The van der Waals surface area contributed by atoms with Crippen molar-refractivity contribution in [3.8, 4) is 0 Å². The predicted octanol–water partition coefficient (Wildman–Crippen LogP) is 2.06. The molecule has 88 valence electrons. The van der Waals surface area contributed by atoms with E-state index in [1.54, 1.807) is 0 Å². The molecule has 0 saturated carbocycles. The van der Waals surface area contributed by atoms with Crippen LogP contribution in [0.4, 0.5) is 0 Å². The molecular formula is C12H23NO2. The number of hydrogen-bond acceptors (Lipinski definition) is 2. The van der Waals surface area contributed by atoms with Crippen LogP contribution in [0, 0.1) is 5.92 Å². The van der Waals surface area contributed by atoms with Crippen LogP contribution >= 0.6 is 0 Å². The molecule has 0 bridgehead atoms. The molecular weight excluding hydrogens is 190 g/mol. The van der Waals surface area contributed by atoms with E-state index >= 15 is 0 Å². The van der Waals surface area contributed by atoms with Gasteiger partial charge in [-0.25, -0.2) is 0 Å². The molecule has 1 aliphatic heterocycles. The van der Waals surface area contributed by atoms with E-state index in [4.69, 9.17) is 4.74 Å². The van der Waals surface area contributed by atoms with Crippen molar-refractivity contribution in [2.45, 2.75) is 46.1 Å². The summed E-state index contributed by atoms with van der Waals surface area (Å²) in [6, 6.07) is 0. The van der Waals surface area contributed by atoms with E-state index in [0.717, 1.165) is 19.5 Å². The fourth-order valence-electron chi connectivity index (χ4n) is 2.18. The second-order valence-electron chi connectivity index (χ2n) is 4.30. The van der Waals surface area contributed by atoms with E-state index in [1.807, 2.05) is 18.7 Å². The van der Waals surface area contributed by atoms with E-state index in [2.05, 4.69) is 6.92 Å². The Labute approximate surface area is 92.8 Å². The maximum absolute atomic E-state index is 12.0. The molecule has 0 aliphatic carbocycles. The predicted molar refractivity (Wildman–Crippen MR) is 60.7 cm³/mol. The van der Waals surface area contributed by atoms with Crippen LogP contribution in [0.2, 0.25) is 0 Å². The molecule has 1 saturated heterocycles. The molecule has 0 aromatic heterocycles. The van der Waals surface area contributed by atoms with Crippen molar-refractivity contribution >= 4 is 5.91 Å².